The van der Waals surface area contributed by atoms with Crippen LogP contribution in [0.2, 0.25) is 5.02 Å². The number of benzene rings is 2. The fourth-order valence-corrected chi connectivity index (χ4v) is 3.72. The number of rotatable bonds is 5. The highest BCUT2D eigenvalue weighted by molar-refractivity contribution is 7.90. The number of carbonyl (C=O) groups is 1. The molecule has 0 aliphatic rings. The van der Waals surface area contributed by atoms with E-state index >= 15 is 0 Å². The predicted octanol–water partition coefficient (Wildman–Crippen LogP) is 3.77. The van der Waals surface area contributed by atoms with Crippen LogP contribution >= 0.6 is 11.6 Å². The van der Waals surface area contributed by atoms with Gasteiger partial charge in [0, 0.05) is 0 Å². The molecule has 0 radical (unpaired) electrons. The molecule has 0 spiro atoms. The Morgan fingerprint density at radius 2 is 1.89 bits per heavy atom. The summed E-state index contributed by atoms with van der Waals surface area (Å²) in [6, 6.07) is 11.7. The minimum absolute atomic E-state index is 0.140. The smallest absolute Gasteiger partial charge is 0.364 e. The molecule has 6 nitrogen and oxygen atoms in total. The van der Waals surface area contributed by atoms with Crippen LogP contribution in [0.25, 0.3) is 0 Å². The quantitative estimate of drug-likeness (QED) is 0.355. The molecule has 0 amide bonds. The van der Waals surface area contributed by atoms with Gasteiger partial charge in [-0.15, -0.1) is 0 Å². The summed E-state index contributed by atoms with van der Waals surface area (Å²) < 4.78 is 43.3. The topological polar surface area (TPSA) is 86.2 Å². The van der Waals surface area contributed by atoms with E-state index in [4.69, 9.17) is 16.3 Å². The third-order valence-corrected chi connectivity index (χ3v) is 5.41. The Kier molecular flexibility index (Phi) is 5.71. The van der Waals surface area contributed by atoms with Gasteiger partial charge < -0.3 is 4.74 Å². The number of sulfone groups is 1. The van der Waals surface area contributed by atoms with Gasteiger partial charge in [0.1, 0.15) is 11.6 Å². The van der Waals surface area contributed by atoms with Crippen molar-refractivity contribution in [2.75, 3.05) is 0 Å². The van der Waals surface area contributed by atoms with E-state index in [0.29, 0.717) is 5.56 Å². The summed E-state index contributed by atoms with van der Waals surface area (Å²) in [6.45, 7) is 1.83. The lowest BCUT2D eigenvalue weighted by molar-refractivity contribution is 0.0727. The maximum Gasteiger partial charge on any atom is 0.364 e. The van der Waals surface area contributed by atoms with Gasteiger partial charge in [-0.2, -0.15) is 0 Å². The molecule has 1 aromatic heterocycles. The first kappa shape index (κ1) is 19.9. The number of halogens is 2. The van der Waals surface area contributed by atoms with Crippen molar-refractivity contribution in [3.05, 3.63) is 82.4 Å². The Bertz CT molecular complexity index is 1130. The molecule has 1 heterocycles. The maximum atomic E-state index is 13.0. The molecule has 0 aliphatic heterocycles. The summed E-state index contributed by atoms with van der Waals surface area (Å²) in [5.41, 5.74) is 0.862. The molecule has 0 fully saturated rings. The molecule has 2 aromatic carbocycles. The fraction of sp³-hybridized carbons (Fsp3) is 0.105. The number of esters is 1. The highest BCUT2D eigenvalue weighted by atomic mass is 35.5. The van der Waals surface area contributed by atoms with Crippen molar-refractivity contribution in [1.29, 1.82) is 0 Å². The standard InChI is InChI=1S/C19H14ClFN2O4S/c1-12-3-2-4-15(9-12)27-18(24)17-16(20)10-22-19(23-17)28(25,26)11-13-5-7-14(21)8-6-13/h2-10H,11H2,1H3. The number of carbonyl (C=O) groups excluding carboxylic acids is 1. The Morgan fingerprint density at radius 3 is 2.57 bits per heavy atom. The molecular weight excluding hydrogens is 407 g/mol. The third kappa shape index (κ3) is 4.71. The lowest BCUT2D eigenvalue weighted by atomic mass is 10.2. The summed E-state index contributed by atoms with van der Waals surface area (Å²) in [5, 5.41) is -0.712. The van der Waals surface area contributed by atoms with Crippen molar-refractivity contribution < 1.29 is 22.3 Å². The van der Waals surface area contributed by atoms with E-state index < -0.39 is 32.5 Å². The molecule has 0 saturated carbocycles. The average Bonchev–Trinajstić information content (AvgIpc) is 2.63. The van der Waals surface area contributed by atoms with Crippen LogP contribution in [0.15, 0.2) is 59.9 Å². The second-order valence-electron chi connectivity index (χ2n) is 5.94. The lowest BCUT2D eigenvalue weighted by Crippen LogP contribution is -2.16. The first-order chi connectivity index (χ1) is 13.2. The minimum Gasteiger partial charge on any atom is -0.422 e. The summed E-state index contributed by atoms with van der Waals surface area (Å²) in [5.74, 6) is -1.57. The van der Waals surface area contributed by atoms with Crippen LogP contribution in [-0.2, 0) is 15.6 Å². The SMILES string of the molecule is Cc1cccc(OC(=O)c2nc(S(=O)(=O)Cc3ccc(F)cc3)ncc2Cl)c1. The normalized spacial score (nSPS) is 11.2. The summed E-state index contributed by atoms with van der Waals surface area (Å²) in [4.78, 5) is 19.9. The first-order valence-electron chi connectivity index (χ1n) is 8.03. The molecule has 28 heavy (non-hydrogen) atoms. The van der Waals surface area contributed by atoms with Crippen molar-refractivity contribution in [1.82, 2.24) is 9.97 Å². The van der Waals surface area contributed by atoms with E-state index in [1.54, 1.807) is 18.2 Å². The maximum absolute atomic E-state index is 13.0. The van der Waals surface area contributed by atoms with Crippen LogP contribution < -0.4 is 4.74 Å². The zero-order valence-corrected chi connectivity index (χ0v) is 16.2. The van der Waals surface area contributed by atoms with E-state index in [9.17, 15) is 17.6 Å². The second kappa shape index (κ2) is 8.04. The average molecular weight is 421 g/mol. The van der Waals surface area contributed by atoms with Crippen molar-refractivity contribution in [3.63, 3.8) is 0 Å². The largest absolute Gasteiger partial charge is 0.422 e. The monoisotopic (exact) mass is 420 g/mol. The Morgan fingerprint density at radius 1 is 1.18 bits per heavy atom. The number of hydrogen-bond acceptors (Lipinski definition) is 6. The zero-order chi connectivity index (χ0) is 20.3. The van der Waals surface area contributed by atoms with Crippen molar-refractivity contribution >= 4 is 27.4 Å². The van der Waals surface area contributed by atoms with Gasteiger partial charge in [0.2, 0.25) is 15.0 Å². The van der Waals surface area contributed by atoms with E-state index in [2.05, 4.69) is 9.97 Å². The van der Waals surface area contributed by atoms with E-state index in [1.165, 1.54) is 12.1 Å². The molecule has 9 heteroatoms. The Labute approximate surface area is 165 Å². The van der Waals surface area contributed by atoms with Crippen molar-refractivity contribution in [2.24, 2.45) is 0 Å². The third-order valence-electron chi connectivity index (χ3n) is 3.66. The molecule has 3 aromatic rings. The summed E-state index contributed by atoms with van der Waals surface area (Å²) in [6.07, 6.45) is 1.03. The summed E-state index contributed by atoms with van der Waals surface area (Å²) in [7, 11) is -3.99. The van der Waals surface area contributed by atoms with Gasteiger partial charge in [-0.25, -0.2) is 27.6 Å². The molecule has 144 valence electrons. The van der Waals surface area contributed by atoms with Gasteiger partial charge in [-0.1, -0.05) is 35.9 Å². The van der Waals surface area contributed by atoms with Gasteiger partial charge >= 0.3 is 5.97 Å². The van der Waals surface area contributed by atoms with Crippen LogP contribution in [-0.4, -0.2) is 24.4 Å². The van der Waals surface area contributed by atoms with Gasteiger partial charge in [-0.3, -0.25) is 0 Å². The zero-order valence-electron chi connectivity index (χ0n) is 14.6. The molecule has 0 atom stereocenters. The molecule has 0 bridgehead atoms. The van der Waals surface area contributed by atoms with Crippen molar-refractivity contribution in [3.8, 4) is 5.75 Å². The number of nitrogens with zero attached hydrogens (tertiary/aromatic N) is 2. The van der Waals surface area contributed by atoms with E-state index in [1.807, 2.05) is 13.0 Å². The van der Waals surface area contributed by atoms with E-state index in [0.717, 1.165) is 23.9 Å². The molecule has 0 N–H and O–H groups in total. The van der Waals surface area contributed by atoms with Crippen LogP contribution in [0.5, 0.6) is 5.75 Å². The van der Waals surface area contributed by atoms with E-state index in [-0.39, 0.29) is 16.5 Å². The lowest BCUT2D eigenvalue weighted by Gasteiger charge is -2.08. The van der Waals surface area contributed by atoms with Crippen LogP contribution in [0.3, 0.4) is 0 Å². The minimum atomic E-state index is -3.99. The number of aromatic nitrogens is 2. The fourth-order valence-electron chi connectivity index (χ4n) is 2.34. The number of ether oxygens (including phenoxy) is 1. The Balaban J connectivity index is 1.87. The molecule has 0 unspecified atom stereocenters. The second-order valence-corrected chi connectivity index (χ2v) is 8.23. The van der Waals surface area contributed by atoms with Crippen molar-refractivity contribution in [2.45, 2.75) is 17.8 Å². The van der Waals surface area contributed by atoms with Crippen LogP contribution in [0, 0.1) is 12.7 Å². The number of hydrogen-bond donors (Lipinski definition) is 0. The highest BCUT2D eigenvalue weighted by Gasteiger charge is 2.24. The Hall–Kier alpha value is -2.84. The molecule has 0 saturated heterocycles. The van der Waals surface area contributed by atoms with Crippen LogP contribution in [0.1, 0.15) is 21.6 Å². The number of aryl methyl sites for hydroxylation is 1. The molecule has 0 aliphatic carbocycles. The predicted molar refractivity (Wildman–Crippen MR) is 100 cm³/mol. The molecule has 3 rings (SSSR count). The van der Waals surface area contributed by atoms with Crippen LogP contribution in [0.4, 0.5) is 4.39 Å². The van der Waals surface area contributed by atoms with Gasteiger partial charge in [0.25, 0.3) is 0 Å². The highest BCUT2D eigenvalue weighted by Crippen LogP contribution is 2.20. The first-order valence-corrected chi connectivity index (χ1v) is 10.1. The van der Waals surface area contributed by atoms with Gasteiger partial charge in [0.15, 0.2) is 5.69 Å². The summed E-state index contributed by atoms with van der Waals surface area (Å²) >= 11 is 5.95. The van der Waals surface area contributed by atoms with Gasteiger partial charge in [-0.05, 0) is 42.3 Å². The molecular formula is C19H14ClFN2O4S. The van der Waals surface area contributed by atoms with Gasteiger partial charge in [0.05, 0.1) is 17.0 Å².